The van der Waals surface area contributed by atoms with Crippen LogP contribution >= 0.6 is 0 Å². The normalized spacial score (nSPS) is 14.5. The summed E-state index contributed by atoms with van der Waals surface area (Å²) in [5.74, 6) is 0.0243. The molecule has 3 aromatic rings. The number of urea groups is 1. The van der Waals surface area contributed by atoms with E-state index in [1.54, 1.807) is 32.4 Å². The van der Waals surface area contributed by atoms with Crippen LogP contribution in [0.2, 0.25) is 0 Å². The first-order chi connectivity index (χ1) is 20.4. The molecular formula is C32H40N6O4. The number of amides is 2. The van der Waals surface area contributed by atoms with Crippen molar-refractivity contribution in [3.63, 3.8) is 0 Å². The highest BCUT2D eigenvalue weighted by atomic mass is 16.5. The Balaban J connectivity index is 1.29. The van der Waals surface area contributed by atoms with Gasteiger partial charge in [0.15, 0.2) is 5.78 Å². The fourth-order valence-electron chi connectivity index (χ4n) is 4.94. The lowest BCUT2D eigenvalue weighted by molar-refractivity contribution is 0.0857. The Kier molecular flexibility index (Phi) is 11.0. The number of hydrogen-bond donors (Lipinski definition) is 1. The second kappa shape index (κ2) is 15.1. The van der Waals surface area contributed by atoms with Crippen molar-refractivity contribution in [2.24, 2.45) is 16.6 Å². The SMILES string of the molecule is COCCN=CC(=CN)c1ccc(N(C)C(=O)N2CCC(C(=O)c3ccc(-c4cnn(CCOC)c4)cc3)CC2)cc1. The smallest absolute Gasteiger partial charge is 0.324 e. The molecule has 0 bridgehead atoms. The van der Waals surface area contributed by atoms with E-state index in [1.165, 1.54) is 6.20 Å². The van der Waals surface area contributed by atoms with Crippen molar-refractivity contribution in [1.29, 1.82) is 0 Å². The molecule has 10 heteroatoms. The Hall–Kier alpha value is -4.28. The molecule has 0 spiro atoms. The van der Waals surface area contributed by atoms with Crippen molar-refractivity contribution in [1.82, 2.24) is 14.7 Å². The van der Waals surface area contributed by atoms with Crippen LogP contribution in [0.4, 0.5) is 10.5 Å². The van der Waals surface area contributed by atoms with Gasteiger partial charge in [-0.3, -0.25) is 19.4 Å². The first-order valence-corrected chi connectivity index (χ1v) is 14.1. The van der Waals surface area contributed by atoms with Gasteiger partial charge < -0.3 is 20.1 Å². The number of allylic oxidation sites excluding steroid dienone is 1. The maximum absolute atomic E-state index is 13.2. The molecule has 2 heterocycles. The number of carbonyl (C=O) groups is 2. The first-order valence-electron chi connectivity index (χ1n) is 14.1. The molecule has 1 fully saturated rings. The van der Waals surface area contributed by atoms with Gasteiger partial charge in [0.25, 0.3) is 0 Å². The number of carbonyl (C=O) groups excluding carboxylic acids is 2. The molecule has 2 amide bonds. The van der Waals surface area contributed by atoms with Crippen molar-refractivity contribution in [2.45, 2.75) is 19.4 Å². The van der Waals surface area contributed by atoms with Gasteiger partial charge >= 0.3 is 6.03 Å². The molecule has 0 radical (unpaired) electrons. The second-order valence-electron chi connectivity index (χ2n) is 10.2. The molecule has 0 saturated carbocycles. The minimum absolute atomic E-state index is 0.0835. The summed E-state index contributed by atoms with van der Waals surface area (Å²) in [6.45, 7) is 3.46. The Morgan fingerprint density at radius 3 is 2.31 bits per heavy atom. The fourth-order valence-corrected chi connectivity index (χ4v) is 4.94. The highest BCUT2D eigenvalue weighted by Gasteiger charge is 2.29. The molecule has 222 valence electrons. The van der Waals surface area contributed by atoms with Gasteiger partial charge in [0.2, 0.25) is 0 Å². The number of likely N-dealkylation sites (tertiary alicyclic amines) is 1. The van der Waals surface area contributed by atoms with Crippen molar-refractivity contribution in [3.05, 3.63) is 78.3 Å². The van der Waals surface area contributed by atoms with Crippen molar-refractivity contribution in [2.75, 3.05) is 59.0 Å². The number of piperidine rings is 1. The van der Waals surface area contributed by atoms with Gasteiger partial charge in [-0.15, -0.1) is 0 Å². The number of benzene rings is 2. The number of Topliss-reactive ketones (excluding diaryl/α,β-unsaturated/α-hetero) is 1. The van der Waals surface area contributed by atoms with Crippen LogP contribution in [0.25, 0.3) is 16.7 Å². The highest BCUT2D eigenvalue weighted by molar-refractivity contribution is 6.09. The maximum atomic E-state index is 13.2. The van der Waals surface area contributed by atoms with E-state index in [0.717, 1.165) is 28.0 Å². The van der Waals surface area contributed by atoms with E-state index in [4.69, 9.17) is 15.2 Å². The minimum Gasteiger partial charge on any atom is -0.404 e. The van der Waals surface area contributed by atoms with Crippen molar-refractivity contribution >= 4 is 29.3 Å². The van der Waals surface area contributed by atoms with Crippen molar-refractivity contribution in [3.8, 4) is 11.1 Å². The molecule has 0 unspecified atom stereocenters. The fraction of sp³-hybridized carbons (Fsp3) is 0.375. The predicted octanol–water partition coefficient (Wildman–Crippen LogP) is 4.36. The van der Waals surface area contributed by atoms with Crippen LogP contribution in [0.15, 0.2) is 72.1 Å². The van der Waals surface area contributed by atoms with Gasteiger partial charge in [0.1, 0.15) is 0 Å². The number of nitrogens with two attached hydrogens (primary N) is 1. The molecule has 1 saturated heterocycles. The quantitative estimate of drug-likeness (QED) is 0.196. The summed E-state index contributed by atoms with van der Waals surface area (Å²) in [6, 6.07) is 15.2. The number of hydrogen-bond acceptors (Lipinski definition) is 7. The molecule has 1 aromatic heterocycles. The summed E-state index contributed by atoms with van der Waals surface area (Å²) in [5, 5.41) is 4.36. The van der Waals surface area contributed by atoms with Crippen LogP contribution in [0, 0.1) is 5.92 Å². The zero-order valence-electron chi connectivity index (χ0n) is 24.6. The van der Waals surface area contributed by atoms with E-state index in [1.807, 2.05) is 70.5 Å². The molecule has 1 aliphatic heterocycles. The first kappa shape index (κ1) is 30.7. The van der Waals surface area contributed by atoms with Crippen LogP contribution < -0.4 is 10.6 Å². The lowest BCUT2D eigenvalue weighted by atomic mass is 9.88. The summed E-state index contributed by atoms with van der Waals surface area (Å²) in [5.41, 5.74) is 11.0. The molecule has 2 N–H and O–H groups in total. The number of aliphatic imine (C=N–C) groups is 1. The number of ether oxygens (including phenoxy) is 2. The second-order valence-corrected chi connectivity index (χ2v) is 10.2. The Morgan fingerprint density at radius 2 is 1.67 bits per heavy atom. The Labute approximate surface area is 247 Å². The summed E-state index contributed by atoms with van der Waals surface area (Å²) in [7, 11) is 5.07. The van der Waals surface area contributed by atoms with Crippen LogP contribution in [0.1, 0.15) is 28.8 Å². The maximum Gasteiger partial charge on any atom is 0.324 e. The molecule has 4 rings (SSSR count). The third-order valence-electron chi connectivity index (χ3n) is 7.51. The predicted molar refractivity (Wildman–Crippen MR) is 166 cm³/mol. The summed E-state index contributed by atoms with van der Waals surface area (Å²) in [6.07, 6.45) is 8.31. The molecule has 0 atom stereocenters. The summed E-state index contributed by atoms with van der Waals surface area (Å²) in [4.78, 5) is 34.3. The van der Waals surface area contributed by atoms with Gasteiger partial charge in [-0.05, 0) is 36.1 Å². The van der Waals surface area contributed by atoms with E-state index in [2.05, 4.69) is 10.1 Å². The molecule has 0 aliphatic carbocycles. The van der Waals surface area contributed by atoms with E-state index in [-0.39, 0.29) is 17.7 Å². The molecule has 42 heavy (non-hydrogen) atoms. The van der Waals surface area contributed by atoms with E-state index in [9.17, 15) is 9.59 Å². The number of nitrogens with zero attached hydrogens (tertiary/aromatic N) is 5. The minimum atomic E-state index is -0.103. The average Bonchev–Trinajstić information content (AvgIpc) is 3.52. The summed E-state index contributed by atoms with van der Waals surface area (Å²) < 4.78 is 12.0. The zero-order chi connectivity index (χ0) is 29.9. The van der Waals surface area contributed by atoms with Crippen LogP contribution in [0.3, 0.4) is 0 Å². The van der Waals surface area contributed by atoms with E-state index in [0.29, 0.717) is 57.8 Å². The number of anilines is 1. The third-order valence-corrected chi connectivity index (χ3v) is 7.51. The molecular weight excluding hydrogens is 532 g/mol. The van der Waals surface area contributed by atoms with Gasteiger partial charge in [-0.25, -0.2) is 4.79 Å². The standard InChI is InChI=1S/C32H40N6O4/c1-36(30-10-8-24(9-11-30)28(20-33)21-34-14-18-41-2)32(40)37-15-12-27(13-16-37)31(39)26-6-4-25(5-7-26)29-22-35-38(23-29)17-19-42-3/h4-11,20-23,27H,12-19,33H2,1-3H3. The average molecular weight is 573 g/mol. The third kappa shape index (κ3) is 7.71. The Morgan fingerprint density at radius 1 is 1.00 bits per heavy atom. The van der Waals surface area contributed by atoms with Gasteiger partial charge in [0.05, 0.1) is 32.5 Å². The monoisotopic (exact) mass is 572 g/mol. The molecule has 10 nitrogen and oxygen atoms in total. The lowest BCUT2D eigenvalue weighted by Crippen LogP contribution is -2.46. The van der Waals surface area contributed by atoms with Crippen LogP contribution in [-0.2, 0) is 16.0 Å². The topological polar surface area (TPSA) is 115 Å². The molecule has 2 aromatic carbocycles. The van der Waals surface area contributed by atoms with Crippen molar-refractivity contribution < 1.29 is 19.1 Å². The van der Waals surface area contributed by atoms with E-state index < -0.39 is 0 Å². The highest BCUT2D eigenvalue weighted by Crippen LogP contribution is 2.26. The lowest BCUT2D eigenvalue weighted by Gasteiger charge is -2.34. The Bertz CT molecular complexity index is 1370. The van der Waals surface area contributed by atoms with Gasteiger partial charge in [-0.1, -0.05) is 36.4 Å². The number of aromatic nitrogens is 2. The van der Waals surface area contributed by atoms with Gasteiger partial charge in [0, 0.05) is 81.3 Å². The summed E-state index contributed by atoms with van der Waals surface area (Å²) >= 11 is 0. The van der Waals surface area contributed by atoms with Gasteiger partial charge in [-0.2, -0.15) is 5.10 Å². The number of rotatable bonds is 12. The zero-order valence-corrected chi connectivity index (χ0v) is 24.6. The van der Waals surface area contributed by atoms with E-state index >= 15 is 0 Å². The number of ketones is 1. The van der Waals surface area contributed by atoms with Crippen LogP contribution in [0.5, 0.6) is 0 Å². The largest absolute Gasteiger partial charge is 0.404 e. The molecule has 1 aliphatic rings. The van der Waals surface area contributed by atoms with Crippen LogP contribution in [-0.4, -0.2) is 86.8 Å². The number of methoxy groups -OCH3 is 2.